The van der Waals surface area contributed by atoms with Crippen LogP contribution in [0, 0.1) is 6.92 Å². The van der Waals surface area contributed by atoms with Gasteiger partial charge in [-0.2, -0.15) is 0 Å². The molecule has 1 aliphatic carbocycles. The first-order valence-electron chi connectivity index (χ1n) is 4.91. The van der Waals surface area contributed by atoms with Crippen molar-refractivity contribution in [3.63, 3.8) is 0 Å². The number of hydrogen-bond acceptors (Lipinski definition) is 4. The van der Waals surface area contributed by atoms with Gasteiger partial charge >= 0.3 is 5.97 Å². The third-order valence-corrected chi connectivity index (χ3v) is 3.58. The summed E-state index contributed by atoms with van der Waals surface area (Å²) in [6, 6.07) is 0. The molecule has 0 radical (unpaired) electrons. The Morgan fingerprint density at radius 3 is 2.73 bits per heavy atom. The van der Waals surface area contributed by atoms with Gasteiger partial charge in [0, 0.05) is 0 Å². The summed E-state index contributed by atoms with van der Waals surface area (Å²) in [4.78, 5) is 11.8. The van der Waals surface area contributed by atoms with Crippen molar-refractivity contribution in [3.05, 3.63) is 15.9 Å². The Labute approximate surface area is 96.1 Å². The number of nitrogens with zero attached hydrogens (tertiary/aromatic N) is 1. The molecule has 2 rings (SSSR count). The van der Waals surface area contributed by atoms with Crippen molar-refractivity contribution in [1.82, 2.24) is 5.16 Å². The summed E-state index contributed by atoms with van der Waals surface area (Å²) in [6.07, 6.45) is 1.55. The molecule has 0 aliphatic heterocycles. The Hall–Kier alpha value is -0.840. The Kier molecular flexibility index (Phi) is 2.58. The van der Waals surface area contributed by atoms with Crippen LogP contribution in [0.5, 0.6) is 0 Å². The number of carbonyl (C=O) groups excluding carboxylic acids is 1. The highest BCUT2D eigenvalue weighted by molar-refractivity contribution is 9.10. The first-order chi connectivity index (χ1) is 7.12. The second-order valence-electron chi connectivity index (χ2n) is 3.71. The minimum atomic E-state index is -0.573. The van der Waals surface area contributed by atoms with Crippen LogP contribution in [0.4, 0.5) is 0 Å². The molecule has 0 spiro atoms. The van der Waals surface area contributed by atoms with Gasteiger partial charge in [-0.05, 0) is 42.6 Å². The quantitative estimate of drug-likeness (QED) is 0.794. The molecule has 1 fully saturated rings. The number of aromatic nitrogens is 1. The van der Waals surface area contributed by atoms with E-state index in [0.717, 1.165) is 23.0 Å². The lowest BCUT2D eigenvalue weighted by atomic mass is 10.0. The monoisotopic (exact) mass is 273 g/mol. The lowest BCUT2D eigenvalue weighted by Crippen LogP contribution is -2.23. The molecule has 1 heterocycles. The minimum absolute atomic E-state index is 0.207. The molecule has 4 nitrogen and oxygen atoms in total. The van der Waals surface area contributed by atoms with Gasteiger partial charge in [-0.15, -0.1) is 0 Å². The molecule has 15 heavy (non-hydrogen) atoms. The van der Waals surface area contributed by atoms with Crippen LogP contribution in [0.3, 0.4) is 0 Å². The molecule has 0 amide bonds. The predicted molar refractivity (Wildman–Crippen MR) is 56.5 cm³/mol. The molecular formula is C10H12BrNO3. The van der Waals surface area contributed by atoms with E-state index in [1.54, 1.807) is 6.92 Å². The first kappa shape index (κ1) is 10.7. The van der Waals surface area contributed by atoms with Crippen LogP contribution in [0.1, 0.15) is 31.2 Å². The maximum atomic E-state index is 11.8. The molecule has 82 valence electrons. The summed E-state index contributed by atoms with van der Waals surface area (Å²) >= 11 is 3.38. The fraction of sp³-hybridized carbons (Fsp3) is 0.600. The number of ether oxygens (including phenoxy) is 1. The summed E-state index contributed by atoms with van der Waals surface area (Å²) in [5.74, 6) is 0.403. The zero-order chi connectivity index (χ0) is 11.1. The van der Waals surface area contributed by atoms with E-state index in [9.17, 15) is 4.79 Å². The van der Waals surface area contributed by atoms with E-state index in [1.807, 2.05) is 6.92 Å². The number of rotatable bonds is 3. The molecule has 1 saturated carbocycles. The normalized spacial score (nSPS) is 17.5. The molecule has 0 N–H and O–H groups in total. The van der Waals surface area contributed by atoms with E-state index in [4.69, 9.17) is 9.26 Å². The topological polar surface area (TPSA) is 52.3 Å². The molecule has 0 unspecified atom stereocenters. The van der Waals surface area contributed by atoms with Crippen molar-refractivity contribution in [2.75, 3.05) is 6.61 Å². The summed E-state index contributed by atoms with van der Waals surface area (Å²) < 4.78 is 11.0. The van der Waals surface area contributed by atoms with Crippen LogP contribution in [0.25, 0.3) is 0 Å². The standard InChI is InChI=1S/C10H12BrNO3/c1-3-14-9(13)10(4-5-10)8-7(11)6(2)12-15-8/h3-5H2,1-2H3. The van der Waals surface area contributed by atoms with Gasteiger partial charge in [0.2, 0.25) is 0 Å². The van der Waals surface area contributed by atoms with E-state index in [-0.39, 0.29) is 5.97 Å². The third-order valence-electron chi connectivity index (χ3n) is 2.64. The van der Waals surface area contributed by atoms with Crippen LogP contribution < -0.4 is 0 Å². The number of hydrogen-bond donors (Lipinski definition) is 0. The molecule has 0 atom stereocenters. The maximum Gasteiger partial charge on any atom is 0.319 e. The maximum absolute atomic E-state index is 11.8. The molecule has 0 aromatic carbocycles. The van der Waals surface area contributed by atoms with Crippen LogP contribution in [-0.4, -0.2) is 17.7 Å². The van der Waals surface area contributed by atoms with Gasteiger partial charge < -0.3 is 9.26 Å². The lowest BCUT2D eigenvalue weighted by Gasteiger charge is -2.10. The average molecular weight is 274 g/mol. The zero-order valence-corrected chi connectivity index (χ0v) is 10.3. The van der Waals surface area contributed by atoms with Crippen molar-refractivity contribution in [3.8, 4) is 0 Å². The second-order valence-corrected chi connectivity index (χ2v) is 4.51. The van der Waals surface area contributed by atoms with Crippen molar-refractivity contribution in [2.45, 2.75) is 32.1 Å². The fourth-order valence-electron chi connectivity index (χ4n) is 1.57. The van der Waals surface area contributed by atoms with Gasteiger partial charge in [0.05, 0.1) is 16.8 Å². The average Bonchev–Trinajstić information content (AvgIpc) is 2.93. The highest BCUT2D eigenvalue weighted by atomic mass is 79.9. The molecule has 5 heteroatoms. The molecule has 1 aromatic rings. The van der Waals surface area contributed by atoms with Gasteiger partial charge in [0.25, 0.3) is 0 Å². The summed E-state index contributed by atoms with van der Waals surface area (Å²) in [7, 11) is 0. The van der Waals surface area contributed by atoms with Crippen molar-refractivity contribution in [1.29, 1.82) is 0 Å². The van der Waals surface area contributed by atoms with E-state index < -0.39 is 5.41 Å². The Balaban J connectivity index is 2.30. The number of halogens is 1. The Morgan fingerprint density at radius 1 is 1.67 bits per heavy atom. The van der Waals surface area contributed by atoms with E-state index in [0.29, 0.717) is 12.4 Å². The summed E-state index contributed by atoms with van der Waals surface area (Å²) in [5, 5.41) is 3.84. The van der Waals surface area contributed by atoms with Crippen molar-refractivity contribution < 1.29 is 14.1 Å². The van der Waals surface area contributed by atoms with Gasteiger partial charge in [-0.25, -0.2) is 0 Å². The van der Waals surface area contributed by atoms with Gasteiger partial charge in [0.1, 0.15) is 5.41 Å². The minimum Gasteiger partial charge on any atom is -0.465 e. The van der Waals surface area contributed by atoms with E-state index in [1.165, 1.54) is 0 Å². The summed E-state index contributed by atoms with van der Waals surface area (Å²) in [6.45, 7) is 4.03. The molecule has 0 bridgehead atoms. The summed E-state index contributed by atoms with van der Waals surface area (Å²) in [5.41, 5.74) is 0.191. The molecule has 1 aromatic heterocycles. The van der Waals surface area contributed by atoms with Crippen molar-refractivity contribution in [2.24, 2.45) is 0 Å². The van der Waals surface area contributed by atoms with Crippen LogP contribution in [0.15, 0.2) is 9.00 Å². The van der Waals surface area contributed by atoms with Gasteiger partial charge in [0.15, 0.2) is 5.76 Å². The second kappa shape index (κ2) is 3.63. The molecule has 1 aliphatic rings. The largest absolute Gasteiger partial charge is 0.465 e. The zero-order valence-electron chi connectivity index (χ0n) is 8.67. The molecular weight excluding hydrogens is 262 g/mol. The predicted octanol–water partition coefficient (Wildman–Crippen LogP) is 2.34. The van der Waals surface area contributed by atoms with Crippen LogP contribution in [-0.2, 0) is 14.9 Å². The SMILES string of the molecule is CCOC(=O)C1(c2onc(C)c2Br)CC1. The first-order valence-corrected chi connectivity index (χ1v) is 5.70. The van der Waals surface area contributed by atoms with Crippen LogP contribution >= 0.6 is 15.9 Å². The van der Waals surface area contributed by atoms with Gasteiger partial charge in [-0.3, -0.25) is 4.79 Å². The van der Waals surface area contributed by atoms with Crippen LogP contribution in [0.2, 0.25) is 0 Å². The fourth-order valence-corrected chi connectivity index (χ4v) is 2.10. The van der Waals surface area contributed by atoms with E-state index >= 15 is 0 Å². The highest BCUT2D eigenvalue weighted by Crippen LogP contribution is 2.51. The number of aryl methyl sites for hydroxylation is 1. The van der Waals surface area contributed by atoms with Crippen molar-refractivity contribution >= 4 is 21.9 Å². The Morgan fingerprint density at radius 2 is 2.33 bits per heavy atom. The molecule has 0 saturated heterocycles. The number of carbonyl (C=O) groups is 1. The van der Waals surface area contributed by atoms with E-state index in [2.05, 4.69) is 21.1 Å². The highest BCUT2D eigenvalue weighted by Gasteiger charge is 2.57. The lowest BCUT2D eigenvalue weighted by molar-refractivity contribution is -0.146. The van der Waals surface area contributed by atoms with Gasteiger partial charge in [-0.1, -0.05) is 5.16 Å². The third kappa shape index (κ3) is 1.58. The number of esters is 1. The Bertz CT molecular complexity index is 395. The smallest absolute Gasteiger partial charge is 0.319 e.